The minimum Gasteiger partial charge on any atom is -0.332 e. The predicted octanol–water partition coefficient (Wildman–Crippen LogP) is 2.99. The Labute approximate surface area is 154 Å². The summed E-state index contributed by atoms with van der Waals surface area (Å²) in [5.41, 5.74) is 1.57. The van der Waals surface area contributed by atoms with Crippen molar-refractivity contribution in [1.82, 2.24) is 5.32 Å². The fraction of sp³-hybridized carbons (Fsp3) is 0.118. The van der Waals surface area contributed by atoms with Gasteiger partial charge in [0.2, 0.25) is 5.91 Å². The number of nitro groups is 1. The Hall–Kier alpha value is -3.33. The molecule has 0 bridgehead atoms. The van der Waals surface area contributed by atoms with E-state index in [9.17, 15) is 19.7 Å². The highest BCUT2D eigenvalue weighted by Gasteiger charge is 2.17. The number of nitrogens with zero attached hydrogens (tertiary/aromatic N) is 1. The molecule has 26 heavy (non-hydrogen) atoms. The van der Waals surface area contributed by atoms with Crippen LogP contribution in [0.3, 0.4) is 0 Å². The second-order valence-corrected chi connectivity index (χ2v) is 5.78. The van der Waals surface area contributed by atoms with Crippen LogP contribution in [0.2, 0.25) is 0 Å². The van der Waals surface area contributed by atoms with Gasteiger partial charge in [0.1, 0.15) is 0 Å². The lowest BCUT2D eigenvalue weighted by molar-refractivity contribution is -0.385. The maximum atomic E-state index is 12.4. The summed E-state index contributed by atoms with van der Waals surface area (Å²) >= 11 is 4.96. The number of thiocarbonyl (C=S) groups is 1. The van der Waals surface area contributed by atoms with Gasteiger partial charge < -0.3 is 16.0 Å². The first kappa shape index (κ1) is 19.0. The number of hydrogen-bond acceptors (Lipinski definition) is 5. The van der Waals surface area contributed by atoms with E-state index in [1.165, 1.54) is 32.0 Å². The van der Waals surface area contributed by atoms with Gasteiger partial charge in [0.05, 0.1) is 4.92 Å². The molecule has 0 atom stereocenters. The number of amides is 2. The normalized spacial score (nSPS) is 9.92. The van der Waals surface area contributed by atoms with Crippen molar-refractivity contribution in [1.29, 1.82) is 0 Å². The molecule has 134 valence electrons. The van der Waals surface area contributed by atoms with Gasteiger partial charge in [0.15, 0.2) is 5.11 Å². The Balaban J connectivity index is 2.08. The molecule has 9 heteroatoms. The van der Waals surface area contributed by atoms with Crippen LogP contribution in [-0.4, -0.2) is 21.9 Å². The van der Waals surface area contributed by atoms with Crippen molar-refractivity contribution in [3.8, 4) is 0 Å². The molecule has 0 heterocycles. The molecule has 2 rings (SSSR count). The maximum Gasteiger partial charge on any atom is 0.273 e. The molecule has 0 aliphatic carbocycles. The van der Waals surface area contributed by atoms with Crippen molar-refractivity contribution < 1.29 is 14.5 Å². The molecule has 0 saturated heterocycles. The van der Waals surface area contributed by atoms with Crippen molar-refractivity contribution in [3.05, 3.63) is 63.7 Å². The van der Waals surface area contributed by atoms with Crippen LogP contribution in [0.1, 0.15) is 22.8 Å². The van der Waals surface area contributed by atoms with Crippen molar-refractivity contribution in [3.63, 3.8) is 0 Å². The number of nitro benzene ring substituents is 1. The fourth-order valence-corrected chi connectivity index (χ4v) is 2.49. The molecule has 0 spiro atoms. The van der Waals surface area contributed by atoms with Gasteiger partial charge in [0, 0.05) is 35.5 Å². The lowest BCUT2D eigenvalue weighted by Crippen LogP contribution is -2.32. The van der Waals surface area contributed by atoms with E-state index < -0.39 is 10.8 Å². The number of carbonyl (C=O) groups excluding carboxylic acids is 2. The van der Waals surface area contributed by atoms with E-state index in [4.69, 9.17) is 12.2 Å². The smallest absolute Gasteiger partial charge is 0.273 e. The molecule has 8 nitrogen and oxygen atoms in total. The minimum absolute atomic E-state index is 0.108. The number of rotatable bonds is 4. The van der Waals surface area contributed by atoms with Crippen LogP contribution in [0.25, 0.3) is 0 Å². The monoisotopic (exact) mass is 372 g/mol. The van der Waals surface area contributed by atoms with E-state index in [0.29, 0.717) is 16.9 Å². The third-order valence-electron chi connectivity index (χ3n) is 3.44. The predicted molar refractivity (Wildman–Crippen MR) is 102 cm³/mol. The van der Waals surface area contributed by atoms with Gasteiger partial charge in [-0.1, -0.05) is 6.07 Å². The average Bonchev–Trinajstić information content (AvgIpc) is 2.55. The second-order valence-electron chi connectivity index (χ2n) is 5.37. The molecule has 0 aliphatic rings. The highest BCUT2D eigenvalue weighted by molar-refractivity contribution is 7.80. The topological polar surface area (TPSA) is 113 Å². The third-order valence-corrected chi connectivity index (χ3v) is 3.64. The van der Waals surface area contributed by atoms with E-state index in [1.54, 1.807) is 24.3 Å². The number of carbonyl (C=O) groups is 2. The van der Waals surface area contributed by atoms with Crippen LogP contribution < -0.4 is 16.0 Å². The molecule has 2 aromatic carbocycles. The zero-order valence-electron chi connectivity index (χ0n) is 14.0. The summed E-state index contributed by atoms with van der Waals surface area (Å²) in [5.74, 6) is -0.723. The summed E-state index contributed by atoms with van der Waals surface area (Å²) in [5, 5.41) is 19.1. The Morgan fingerprint density at radius 2 is 1.62 bits per heavy atom. The summed E-state index contributed by atoms with van der Waals surface area (Å²) in [6.45, 7) is 2.88. The molecule has 2 aromatic rings. The molecule has 0 aromatic heterocycles. The van der Waals surface area contributed by atoms with Gasteiger partial charge in [-0.3, -0.25) is 19.7 Å². The van der Waals surface area contributed by atoms with Crippen molar-refractivity contribution in [2.45, 2.75) is 13.8 Å². The maximum absolute atomic E-state index is 12.4. The summed E-state index contributed by atoms with van der Waals surface area (Å²) in [6, 6.07) is 11.0. The molecule has 2 amide bonds. The molecule has 0 unspecified atom stereocenters. The summed E-state index contributed by atoms with van der Waals surface area (Å²) in [7, 11) is 0. The van der Waals surface area contributed by atoms with Crippen LogP contribution in [0.4, 0.5) is 17.1 Å². The van der Waals surface area contributed by atoms with Gasteiger partial charge in [-0.15, -0.1) is 0 Å². The SMILES string of the molecule is CC(=O)NC(=S)Nc1ccc(NC(=O)c2cccc([N+](=O)[O-])c2C)cc1. The van der Waals surface area contributed by atoms with Gasteiger partial charge in [0.25, 0.3) is 11.6 Å². The zero-order valence-corrected chi connectivity index (χ0v) is 14.8. The summed E-state index contributed by atoms with van der Waals surface area (Å²) < 4.78 is 0. The van der Waals surface area contributed by atoms with Crippen LogP contribution in [0.5, 0.6) is 0 Å². The van der Waals surface area contributed by atoms with Crippen molar-refractivity contribution >= 4 is 46.2 Å². The van der Waals surface area contributed by atoms with Gasteiger partial charge in [-0.25, -0.2) is 0 Å². The molecule has 3 N–H and O–H groups in total. The first-order chi connectivity index (χ1) is 12.3. The van der Waals surface area contributed by atoms with Crippen molar-refractivity contribution in [2.75, 3.05) is 10.6 Å². The quantitative estimate of drug-likeness (QED) is 0.432. The average molecular weight is 372 g/mol. The minimum atomic E-state index is -0.523. The second kappa shape index (κ2) is 8.17. The fourth-order valence-electron chi connectivity index (χ4n) is 2.22. The lowest BCUT2D eigenvalue weighted by Gasteiger charge is -2.10. The Bertz CT molecular complexity index is 881. The number of nitrogens with one attached hydrogen (secondary N) is 3. The number of benzene rings is 2. The van der Waals surface area contributed by atoms with Gasteiger partial charge in [-0.05, 0) is 49.5 Å². The standard InChI is InChI=1S/C17H16N4O4S/c1-10-14(4-3-5-15(10)21(24)25)16(23)19-12-6-8-13(9-7-12)20-17(26)18-11(2)22/h3-9H,1-2H3,(H,19,23)(H2,18,20,22,26). The first-order valence-electron chi connectivity index (χ1n) is 7.52. The highest BCUT2D eigenvalue weighted by atomic mass is 32.1. The Morgan fingerprint density at radius 3 is 2.15 bits per heavy atom. The molecule has 0 fully saturated rings. The van der Waals surface area contributed by atoms with E-state index in [1.807, 2.05) is 0 Å². The Morgan fingerprint density at radius 1 is 1.04 bits per heavy atom. The molecular weight excluding hydrogens is 356 g/mol. The lowest BCUT2D eigenvalue weighted by atomic mass is 10.1. The number of hydrogen-bond donors (Lipinski definition) is 3. The summed E-state index contributed by atoms with van der Waals surface area (Å²) in [6.07, 6.45) is 0. The Kier molecular flexibility index (Phi) is 5.97. The molecule has 0 radical (unpaired) electrons. The number of anilines is 2. The van der Waals surface area contributed by atoms with E-state index in [2.05, 4.69) is 16.0 Å². The van der Waals surface area contributed by atoms with Crippen LogP contribution in [-0.2, 0) is 4.79 Å². The van der Waals surface area contributed by atoms with E-state index in [-0.39, 0.29) is 22.3 Å². The van der Waals surface area contributed by atoms with E-state index >= 15 is 0 Å². The zero-order chi connectivity index (χ0) is 19.3. The largest absolute Gasteiger partial charge is 0.332 e. The van der Waals surface area contributed by atoms with Crippen molar-refractivity contribution in [2.24, 2.45) is 0 Å². The van der Waals surface area contributed by atoms with Gasteiger partial charge >= 0.3 is 0 Å². The van der Waals surface area contributed by atoms with Gasteiger partial charge in [-0.2, -0.15) is 0 Å². The van der Waals surface area contributed by atoms with E-state index in [0.717, 1.165) is 0 Å². The molecular formula is C17H16N4O4S. The highest BCUT2D eigenvalue weighted by Crippen LogP contribution is 2.22. The first-order valence-corrected chi connectivity index (χ1v) is 7.92. The third kappa shape index (κ3) is 4.84. The van der Waals surface area contributed by atoms with Crippen LogP contribution in [0.15, 0.2) is 42.5 Å². The van der Waals surface area contributed by atoms with Crippen LogP contribution >= 0.6 is 12.2 Å². The molecule has 0 saturated carbocycles. The molecule has 0 aliphatic heterocycles. The summed E-state index contributed by atoms with van der Waals surface area (Å²) in [4.78, 5) is 33.8. The van der Waals surface area contributed by atoms with Crippen LogP contribution in [0, 0.1) is 17.0 Å².